The first-order valence-corrected chi connectivity index (χ1v) is 8.26. The summed E-state index contributed by atoms with van der Waals surface area (Å²) in [4.78, 5) is 12.1. The molecule has 2 aromatic rings. The number of halogens is 4. The van der Waals surface area contributed by atoms with E-state index in [0.717, 1.165) is 18.9 Å². The van der Waals surface area contributed by atoms with Crippen LogP contribution in [0.2, 0.25) is 5.02 Å². The largest absolute Gasteiger partial charge is 0.435 e. The topological polar surface area (TPSA) is 64.7 Å². The molecule has 0 aliphatic heterocycles. The van der Waals surface area contributed by atoms with Gasteiger partial charge in [-0.3, -0.25) is 14.2 Å². The van der Waals surface area contributed by atoms with Crippen LogP contribution in [-0.4, -0.2) is 32.0 Å². The highest BCUT2D eigenvalue weighted by atomic mass is 35.5. The van der Waals surface area contributed by atoms with E-state index in [9.17, 15) is 18.0 Å². The van der Waals surface area contributed by atoms with Crippen molar-refractivity contribution in [3.63, 3.8) is 0 Å². The highest BCUT2D eigenvalue weighted by Crippen LogP contribution is 2.42. The Morgan fingerprint density at radius 2 is 2.16 bits per heavy atom. The number of carbonyl (C=O) groups excluding carboxylic acids is 1. The normalized spacial score (nSPS) is 14.8. The van der Waals surface area contributed by atoms with Crippen LogP contribution in [0.4, 0.5) is 13.2 Å². The predicted octanol–water partition coefficient (Wildman–Crippen LogP) is 2.99. The molecule has 25 heavy (non-hydrogen) atoms. The van der Waals surface area contributed by atoms with Gasteiger partial charge in [0.25, 0.3) is 5.91 Å². The van der Waals surface area contributed by atoms with Crippen molar-refractivity contribution in [2.24, 2.45) is 7.05 Å². The van der Waals surface area contributed by atoms with Gasteiger partial charge in [-0.1, -0.05) is 11.6 Å². The molecule has 0 spiro atoms. The number of hydrogen-bond donors (Lipinski definition) is 1. The highest BCUT2D eigenvalue weighted by molar-refractivity contribution is 6.33. The Morgan fingerprint density at radius 1 is 1.44 bits per heavy atom. The fourth-order valence-corrected chi connectivity index (χ4v) is 2.89. The van der Waals surface area contributed by atoms with Gasteiger partial charge in [0.1, 0.15) is 5.69 Å². The summed E-state index contributed by atoms with van der Waals surface area (Å²) in [6.07, 6.45) is -0.836. The Morgan fingerprint density at radius 3 is 2.72 bits per heavy atom. The second kappa shape index (κ2) is 6.70. The Hall–Kier alpha value is -2.03. The summed E-state index contributed by atoms with van der Waals surface area (Å²) in [5, 5.41) is 10.5. The lowest BCUT2D eigenvalue weighted by atomic mass is 10.2. The molecule has 2 heterocycles. The van der Waals surface area contributed by atoms with Crippen LogP contribution in [0.5, 0.6) is 0 Å². The van der Waals surface area contributed by atoms with Crippen LogP contribution in [0.15, 0.2) is 12.3 Å². The Balaban J connectivity index is 1.57. The second-order valence-electron chi connectivity index (χ2n) is 6.02. The lowest BCUT2D eigenvalue weighted by molar-refractivity contribution is -0.141. The van der Waals surface area contributed by atoms with Crippen molar-refractivity contribution in [1.29, 1.82) is 0 Å². The van der Waals surface area contributed by atoms with Gasteiger partial charge in [-0.2, -0.15) is 23.4 Å². The number of aromatic nitrogens is 4. The van der Waals surface area contributed by atoms with Crippen LogP contribution in [0.1, 0.15) is 47.1 Å². The first-order valence-electron chi connectivity index (χ1n) is 7.88. The summed E-state index contributed by atoms with van der Waals surface area (Å²) in [7, 11) is 1.60. The summed E-state index contributed by atoms with van der Waals surface area (Å²) >= 11 is 5.89. The lowest BCUT2D eigenvalue weighted by Gasteiger charge is -2.08. The third-order valence-electron chi connectivity index (χ3n) is 4.04. The van der Waals surface area contributed by atoms with Crippen LogP contribution < -0.4 is 5.32 Å². The first kappa shape index (κ1) is 17.8. The SMILES string of the molecule is Cn1ncc(Cl)c1C(=O)NCCCn1nc(C(F)(F)F)cc1C1CC1. The minimum absolute atomic E-state index is 0.159. The number of rotatable bonds is 6. The van der Waals surface area contributed by atoms with Crippen molar-refractivity contribution >= 4 is 17.5 Å². The fraction of sp³-hybridized carbons (Fsp3) is 0.533. The van der Waals surface area contributed by atoms with Crippen LogP contribution >= 0.6 is 11.6 Å². The molecule has 2 aromatic heterocycles. The Labute approximate surface area is 146 Å². The third kappa shape index (κ3) is 3.97. The number of aryl methyl sites for hydroxylation is 2. The third-order valence-corrected chi connectivity index (χ3v) is 4.32. The molecule has 3 rings (SSSR count). The van der Waals surface area contributed by atoms with Gasteiger partial charge in [0, 0.05) is 31.7 Å². The van der Waals surface area contributed by atoms with E-state index in [0.29, 0.717) is 25.2 Å². The molecule has 0 radical (unpaired) electrons. The fourth-order valence-electron chi connectivity index (χ4n) is 2.64. The quantitative estimate of drug-likeness (QED) is 0.789. The number of nitrogens with zero attached hydrogens (tertiary/aromatic N) is 4. The van der Waals surface area contributed by atoms with E-state index < -0.39 is 11.9 Å². The Bertz CT molecular complexity index is 759. The van der Waals surface area contributed by atoms with Gasteiger partial charge in [-0.15, -0.1) is 0 Å². The van der Waals surface area contributed by atoms with Gasteiger partial charge in [0.15, 0.2) is 5.69 Å². The van der Waals surface area contributed by atoms with Gasteiger partial charge < -0.3 is 5.32 Å². The summed E-state index contributed by atoms with van der Waals surface area (Å²) in [5.41, 5.74) is 0.00668. The van der Waals surface area contributed by atoms with Gasteiger partial charge in [-0.25, -0.2) is 0 Å². The molecule has 1 amide bonds. The van der Waals surface area contributed by atoms with E-state index in [2.05, 4.69) is 15.5 Å². The smallest absolute Gasteiger partial charge is 0.351 e. The minimum atomic E-state index is -4.45. The van der Waals surface area contributed by atoms with Gasteiger partial charge in [-0.05, 0) is 25.3 Å². The lowest BCUT2D eigenvalue weighted by Crippen LogP contribution is -2.27. The van der Waals surface area contributed by atoms with Crippen LogP contribution in [0.3, 0.4) is 0 Å². The van der Waals surface area contributed by atoms with Crippen molar-refractivity contribution in [1.82, 2.24) is 24.9 Å². The molecule has 0 aromatic carbocycles. The average Bonchev–Trinajstić information content (AvgIpc) is 3.19. The number of nitrogens with one attached hydrogen (secondary N) is 1. The molecule has 136 valence electrons. The van der Waals surface area contributed by atoms with Gasteiger partial charge in [0.05, 0.1) is 11.2 Å². The maximum absolute atomic E-state index is 12.8. The molecule has 6 nitrogen and oxygen atoms in total. The molecule has 0 saturated heterocycles. The minimum Gasteiger partial charge on any atom is -0.351 e. The number of amides is 1. The van der Waals surface area contributed by atoms with Gasteiger partial charge >= 0.3 is 6.18 Å². The van der Waals surface area contributed by atoms with E-state index in [1.54, 1.807) is 7.05 Å². The number of hydrogen-bond acceptors (Lipinski definition) is 3. The standard InChI is InChI=1S/C15H17ClF3N5O/c1-23-13(10(16)8-21-23)14(25)20-5-2-6-24-11(9-3-4-9)7-12(22-24)15(17,18)19/h7-9H,2-6H2,1H3,(H,20,25). The van der Waals surface area contributed by atoms with Crippen LogP contribution in [-0.2, 0) is 19.8 Å². The Kier molecular flexibility index (Phi) is 4.77. The molecule has 1 N–H and O–H groups in total. The van der Waals surface area contributed by atoms with E-state index in [1.165, 1.54) is 15.6 Å². The molecular weight excluding hydrogens is 359 g/mol. The van der Waals surface area contributed by atoms with E-state index >= 15 is 0 Å². The zero-order chi connectivity index (χ0) is 18.2. The molecule has 1 saturated carbocycles. The number of alkyl halides is 3. The predicted molar refractivity (Wildman–Crippen MR) is 84.4 cm³/mol. The first-order chi connectivity index (χ1) is 11.8. The maximum atomic E-state index is 12.8. The second-order valence-corrected chi connectivity index (χ2v) is 6.43. The van der Waals surface area contributed by atoms with Crippen LogP contribution in [0.25, 0.3) is 0 Å². The maximum Gasteiger partial charge on any atom is 0.435 e. The zero-order valence-corrected chi connectivity index (χ0v) is 14.2. The highest BCUT2D eigenvalue weighted by Gasteiger charge is 2.37. The summed E-state index contributed by atoms with van der Waals surface area (Å²) < 4.78 is 41.3. The molecule has 1 aliphatic carbocycles. The molecule has 1 fully saturated rings. The van der Waals surface area contributed by atoms with E-state index in [4.69, 9.17) is 11.6 Å². The number of carbonyl (C=O) groups is 1. The summed E-state index contributed by atoms with van der Waals surface area (Å²) in [5.74, 6) is -0.213. The van der Waals surface area contributed by atoms with Crippen molar-refractivity contribution in [3.05, 3.63) is 34.4 Å². The van der Waals surface area contributed by atoms with Crippen molar-refractivity contribution in [2.75, 3.05) is 6.54 Å². The van der Waals surface area contributed by atoms with Crippen molar-refractivity contribution < 1.29 is 18.0 Å². The van der Waals surface area contributed by atoms with Gasteiger partial charge in [0.2, 0.25) is 0 Å². The molecule has 1 aliphatic rings. The van der Waals surface area contributed by atoms with E-state index in [-0.39, 0.29) is 22.5 Å². The average molecular weight is 376 g/mol. The van der Waals surface area contributed by atoms with Crippen LogP contribution in [0, 0.1) is 0 Å². The van der Waals surface area contributed by atoms with Crippen molar-refractivity contribution in [3.8, 4) is 0 Å². The summed E-state index contributed by atoms with van der Waals surface area (Å²) in [6.45, 7) is 0.604. The zero-order valence-electron chi connectivity index (χ0n) is 13.5. The molecule has 10 heteroatoms. The summed E-state index contributed by atoms with van der Waals surface area (Å²) in [6, 6.07) is 1.13. The molecule has 0 bridgehead atoms. The molecule has 0 unspecified atom stereocenters. The van der Waals surface area contributed by atoms with Crippen molar-refractivity contribution in [2.45, 2.75) is 37.9 Å². The monoisotopic (exact) mass is 375 g/mol. The molecular formula is C15H17ClF3N5O. The van der Waals surface area contributed by atoms with E-state index in [1.807, 2.05) is 0 Å². The molecule has 0 atom stereocenters.